The van der Waals surface area contributed by atoms with Crippen molar-refractivity contribution in [2.24, 2.45) is 0 Å². The van der Waals surface area contributed by atoms with Gasteiger partial charge in [-0.25, -0.2) is 0 Å². The number of fused-ring (bicyclic) bond motifs is 1. The maximum atomic E-state index is 13.4. The van der Waals surface area contributed by atoms with Gasteiger partial charge >= 0.3 is 0 Å². The molecule has 1 amide bonds. The van der Waals surface area contributed by atoms with E-state index in [1.54, 1.807) is 24.3 Å². The van der Waals surface area contributed by atoms with E-state index in [-0.39, 0.29) is 32.5 Å². The van der Waals surface area contributed by atoms with Crippen LogP contribution in [0.1, 0.15) is 12.5 Å². The second-order valence-corrected chi connectivity index (χ2v) is 9.28. The van der Waals surface area contributed by atoms with Crippen LogP contribution in [0.25, 0.3) is 22.3 Å². The third-order valence-corrected chi connectivity index (χ3v) is 6.10. The standard InChI is InChI=1S/C25H17Cl4NO4/c1-12-3-5-14(6-4-12)22-24(21(31)17-9-16(27)10-19(29)23(17)34-22)33-13(2)25(32)30-20-11-15(26)7-8-18(20)28/h3-11,13H,1-2H3,(H,30,32). The van der Waals surface area contributed by atoms with Crippen LogP contribution in [-0.4, -0.2) is 12.0 Å². The van der Waals surface area contributed by atoms with Gasteiger partial charge in [-0.2, -0.15) is 0 Å². The number of aryl methyl sites for hydroxylation is 1. The molecule has 0 saturated heterocycles. The van der Waals surface area contributed by atoms with Gasteiger partial charge in [0.2, 0.25) is 11.2 Å². The third kappa shape index (κ3) is 5.03. The molecule has 3 aromatic carbocycles. The first-order valence-electron chi connectivity index (χ1n) is 10.1. The molecular formula is C25H17Cl4NO4. The van der Waals surface area contributed by atoms with E-state index in [9.17, 15) is 9.59 Å². The minimum absolute atomic E-state index is 0.133. The van der Waals surface area contributed by atoms with Crippen LogP contribution in [0.5, 0.6) is 5.75 Å². The number of hydrogen-bond acceptors (Lipinski definition) is 4. The molecule has 4 rings (SSSR count). The first-order valence-corrected chi connectivity index (χ1v) is 11.6. The number of ether oxygens (including phenoxy) is 1. The van der Waals surface area contributed by atoms with Gasteiger partial charge in [-0.05, 0) is 44.2 Å². The minimum Gasteiger partial charge on any atom is -0.473 e. The van der Waals surface area contributed by atoms with E-state index in [0.717, 1.165) is 5.56 Å². The van der Waals surface area contributed by atoms with E-state index < -0.39 is 17.4 Å². The first kappa shape index (κ1) is 24.4. The lowest BCUT2D eigenvalue weighted by atomic mass is 10.1. The Kier molecular flexibility index (Phi) is 7.10. The number of hydrogen-bond donors (Lipinski definition) is 1. The Morgan fingerprint density at radius 2 is 1.65 bits per heavy atom. The average molecular weight is 537 g/mol. The van der Waals surface area contributed by atoms with Crippen molar-refractivity contribution in [2.45, 2.75) is 20.0 Å². The molecule has 4 aromatic rings. The maximum absolute atomic E-state index is 13.4. The lowest BCUT2D eigenvalue weighted by molar-refractivity contribution is -0.122. The fraction of sp³-hybridized carbons (Fsp3) is 0.120. The summed E-state index contributed by atoms with van der Waals surface area (Å²) in [6, 6.07) is 14.9. The molecule has 34 heavy (non-hydrogen) atoms. The van der Waals surface area contributed by atoms with Crippen molar-refractivity contribution in [2.75, 3.05) is 5.32 Å². The number of rotatable bonds is 5. The number of carbonyl (C=O) groups excluding carboxylic acids is 1. The summed E-state index contributed by atoms with van der Waals surface area (Å²) in [5.41, 5.74) is 1.57. The van der Waals surface area contributed by atoms with Gasteiger partial charge in [0.1, 0.15) is 0 Å². The van der Waals surface area contributed by atoms with Gasteiger partial charge < -0.3 is 14.5 Å². The van der Waals surface area contributed by atoms with Crippen molar-refractivity contribution in [3.8, 4) is 17.1 Å². The van der Waals surface area contributed by atoms with Gasteiger partial charge in [-0.1, -0.05) is 76.2 Å². The lowest BCUT2D eigenvalue weighted by Gasteiger charge is -2.18. The number of nitrogens with one attached hydrogen (secondary N) is 1. The van der Waals surface area contributed by atoms with Gasteiger partial charge in [-0.15, -0.1) is 0 Å². The molecule has 0 saturated carbocycles. The Balaban J connectivity index is 1.78. The van der Waals surface area contributed by atoms with Crippen LogP contribution in [0, 0.1) is 6.92 Å². The normalized spacial score (nSPS) is 11.9. The lowest BCUT2D eigenvalue weighted by Crippen LogP contribution is -2.32. The summed E-state index contributed by atoms with van der Waals surface area (Å²) in [6.45, 7) is 3.44. The Morgan fingerprint density at radius 1 is 0.941 bits per heavy atom. The zero-order chi connectivity index (χ0) is 24.6. The van der Waals surface area contributed by atoms with Gasteiger partial charge in [0, 0.05) is 15.6 Å². The van der Waals surface area contributed by atoms with Crippen molar-refractivity contribution < 1.29 is 13.9 Å². The highest BCUT2D eigenvalue weighted by molar-refractivity contribution is 6.38. The monoisotopic (exact) mass is 535 g/mol. The zero-order valence-electron chi connectivity index (χ0n) is 17.9. The summed E-state index contributed by atoms with van der Waals surface area (Å²) in [6.07, 6.45) is -1.09. The van der Waals surface area contributed by atoms with Crippen molar-refractivity contribution in [3.63, 3.8) is 0 Å². The Bertz CT molecular complexity index is 1460. The molecule has 0 fully saturated rings. The molecule has 1 heterocycles. The summed E-state index contributed by atoms with van der Waals surface area (Å²) in [5.74, 6) is -0.542. The van der Waals surface area contributed by atoms with Crippen molar-refractivity contribution in [1.82, 2.24) is 0 Å². The van der Waals surface area contributed by atoms with E-state index in [0.29, 0.717) is 21.3 Å². The van der Waals surface area contributed by atoms with E-state index in [1.165, 1.54) is 25.1 Å². The van der Waals surface area contributed by atoms with Crippen LogP contribution in [0.3, 0.4) is 0 Å². The Hall–Kier alpha value is -2.70. The van der Waals surface area contributed by atoms with Crippen LogP contribution in [-0.2, 0) is 4.79 Å². The molecule has 1 unspecified atom stereocenters. The van der Waals surface area contributed by atoms with Crippen LogP contribution >= 0.6 is 46.4 Å². The summed E-state index contributed by atoms with van der Waals surface area (Å²) in [4.78, 5) is 26.3. The molecule has 174 valence electrons. The van der Waals surface area contributed by atoms with E-state index >= 15 is 0 Å². The molecule has 9 heteroatoms. The fourth-order valence-corrected chi connectivity index (χ4v) is 4.14. The van der Waals surface area contributed by atoms with Crippen molar-refractivity contribution in [3.05, 3.63) is 90.5 Å². The van der Waals surface area contributed by atoms with Gasteiger partial charge in [0.05, 0.1) is 21.1 Å². The Labute approximate surface area is 215 Å². The molecule has 1 atom stereocenters. The summed E-state index contributed by atoms with van der Waals surface area (Å²) < 4.78 is 11.9. The van der Waals surface area contributed by atoms with Crippen molar-refractivity contribution >= 4 is 69.0 Å². The summed E-state index contributed by atoms with van der Waals surface area (Å²) >= 11 is 24.5. The smallest absolute Gasteiger partial charge is 0.265 e. The topological polar surface area (TPSA) is 68.5 Å². The van der Waals surface area contributed by atoms with E-state index in [1.807, 2.05) is 19.1 Å². The maximum Gasteiger partial charge on any atom is 0.265 e. The van der Waals surface area contributed by atoms with Gasteiger partial charge in [0.25, 0.3) is 5.91 Å². The second kappa shape index (κ2) is 9.88. The molecule has 1 N–H and O–H groups in total. The zero-order valence-corrected chi connectivity index (χ0v) is 20.9. The predicted molar refractivity (Wildman–Crippen MR) is 138 cm³/mol. The number of carbonyl (C=O) groups is 1. The number of halogens is 4. The number of amides is 1. The Morgan fingerprint density at radius 3 is 2.35 bits per heavy atom. The van der Waals surface area contributed by atoms with Gasteiger partial charge in [0.15, 0.2) is 17.4 Å². The molecular weight excluding hydrogens is 520 g/mol. The SMILES string of the molecule is Cc1ccc(-c2oc3c(Cl)cc(Cl)cc3c(=O)c2OC(C)C(=O)Nc2cc(Cl)ccc2Cl)cc1. The third-order valence-electron chi connectivity index (χ3n) is 5.03. The molecule has 0 bridgehead atoms. The first-order chi connectivity index (χ1) is 16.1. The highest BCUT2D eigenvalue weighted by Crippen LogP contribution is 2.35. The minimum atomic E-state index is -1.09. The highest BCUT2D eigenvalue weighted by Gasteiger charge is 2.24. The molecule has 0 aliphatic rings. The molecule has 0 spiro atoms. The average Bonchev–Trinajstić information content (AvgIpc) is 2.79. The van der Waals surface area contributed by atoms with Crippen molar-refractivity contribution in [1.29, 1.82) is 0 Å². The molecule has 0 aliphatic carbocycles. The summed E-state index contributed by atoms with van der Waals surface area (Å²) in [7, 11) is 0. The number of benzene rings is 3. The summed E-state index contributed by atoms with van der Waals surface area (Å²) in [5, 5.41) is 3.94. The quantitative estimate of drug-likeness (QED) is 0.282. The van der Waals surface area contributed by atoms with Crippen LogP contribution in [0.15, 0.2) is 63.8 Å². The molecule has 0 radical (unpaired) electrons. The van der Waals surface area contributed by atoms with Crippen LogP contribution in [0.2, 0.25) is 20.1 Å². The predicted octanol–water partition coefficient (Wildman–Crippen LogP) is 7.79. The number of anilines is 1. The van der Waals surface area contributed by atoms with E-state index in [4.69, 9.17) is 55.6 Å². The molecule has 1 aromatic heterocycles. The largest absolute Gasteiger partial charge is 0.473 e. The second-order valence-electron chi connectivity index (χ2n) is 7.59. The fourth-order valence-electron chi connectivity index (χ4n) is 3.27. The molecule has 0 aliphatic heterocycles. The highest BCUT2D eigenvalue weighted by atomic mass is 35.5. The van der Waals surface area contributed by atoms with Gasteiger partial charge in [-0.3, -0.25) is 9.59 Å². The molecule has 5 nitrogen and oxygen atoms in total. The van der Waals surface area contributed by atoms with Crippen LogP contribution < -0.4 is 15.5 Å². The van der Waals surface area contributed by atoms with Crippen LogP contribution in [0.4, 0.5) is 5.69 Å². The van der Waals surface area contributed by atoms with E-state index in [2.05, 4.69) is 5.32 Å².